The lowest BCUT2D eigenvalue weighted by Crippen LogP contribution is -2.04. The van der Waals surface area contributed by atoms with Crippen molar-refractivity contribution in [3.05, 3.63) is 16.9 Å². The Bertz CT molecular complexity index is 310. The molecule has 0 aliphatic rings. The maximum absolute atomic E-state index is 6.08. The molecular formula is C12H21ClN2O. The first-order valence-corrected chi connectivity index (χ1v) is 6.30. The molecule has 4 heteroatoms. The van der Waals surface area contributed by atoms with Gasteiger partial charge in [-0.25, -0.2) is 0 Å². The van der Waals surface area contributed by atoms with Gasteiger partial charge in [0.15, 0.2) is 0 Å². The van der Waals surface area contributed by atoms with Crippen LogP contribution in [0.2, 0.25) is 5.02 Å². The molecule has 0 N–H and O–H groups in total. The van der Waals surface area contributed by atoms with Gasteiger partial charge in [-0.15, -0.1) is 0 Å². The molecule has 0 radical (unpaired) electrons. The highest BCUT2D eigenvalue weighted by atomic mass is 35.5. The summed E-state index contributed by atoms with van der Waals surface area (Å²) in [5, 5.41) is 5.11. The number of aryl methyl sites for hydroxylation is 1. The molecule has 0 unspecified atom stereocenters. The third-order valence-electron chi connectivity index (χ3n) is 2.22. The quantitative estimate of drug-likeness (QED) is 0.734. The molecule has 0 amide bonds. The number of nitrogens with zero attached hydrogens (tertiary/aromatic N) is 2. The highest BCUT2D eigenvalue weighted by Gasteiger charge is 2.07. The van der Waals surface area contributed by atoms with Crippen molar-refractivity contribution in [2.24, 2.45) is 5.92 Å². The van der Waals surface area contributed by atoms with Gasteiger partial charge in [-0.2, -0.15) is 5.10 Å². The van der Waals surface area contributed by atoms with Gasteiger partial charge < -0.3 is 4.74 Å². The van der Waals surface area contributed by atoms with Crippen LogP contribution in [-0.2, 0) is 17.9 Å². The number of halogens is 1. The first-order chi connectivity index (χ1) is 7.63. The van der Waals surface area contributed by atoms with Gasteiger partial charge in [-0.05, 0) is 12.3 Å². The van der Waals surface area contributed by atoms with E-state index in [0.29, 0.717) is 17.5 Å². The predicted octanol–water partition coefficient (Wildman–Crippen LogP) is 3.51. The maximum atomic E-state index is 6.08. The first-order valence-electron chi connectivity index (χ1n) is 5.93. The minimum atomic E-state index is 0.510. The Morgan fingerprint density at radius 3 is 2.88 bits per heavy atom. The standard InChI is InChI=1S/C12H21ClN2O/c1-4-5-6-15-7-11(13)12(14-15)9-16-8-10(2)3/h7,10H,4-6,8-9H2,1-3H3. The van der Waals surface area contributed by atoms with E-state index in [1.165, 1.54) is 0 Å². The molecule has 0 bridgehead atoms. The summed E-state index contributed by atoms with van der Waals surface area (Å²) < 4.78 is 7.42. The molecule has 1 rings (SSSR count). The molecule has 0 fully saturated rings. The minimum Gasteiger partial charge on any atom is -0.375 e. The van der Waals surface area contributed by atoms with E-state index in [0.717, 1.165) is 31.7 Å². The molecule has 0 saturated heterocycles. The van der Waals surface area contributed by atoms with Crippen molar-refractivity contribution in [1.82, 2.24) is 9.78 Å². The average Bonchev–Trinajstić information content (AvgIpc) is 2.56. The number of ether oxygens (including phenoxy) is 1. The van der Waals surface area contributed by atoms with E-state index in [2.05, 4.69) is 25.9 Å². The highest BCUT2D eigenvalue weighted by Crippen LogP contribution is 2.15. The van der Waals surface area contributed by atoms with Crippen LogP contribution in [0.1, 0.15) is 39.3 Å². The largest absolute Gasteiger partial charge is 0.375 e. The molecule has 0 atom stereocenters. The second-order valence-electron chi connectivity index (χ2n) is 4.45. The van der Waals surface area contributed by atoms with Gasteiger partial charge in [0.05, 0.1) is 11.6 Å². The summed E-state index contributed by atoms with van der Waals surface area (Å²) in [6.45, 7) is 8.61. The van der Waals surface area contributed by atoms with Gasteiger partial charge in [0.25, 0.3) is 0 Å². The molecule has 1 aromatic rings. The third-order valence-corrected chi connectivity index (χ3v) is 2.53. The molecule has 92 valence electrons. The Morgan fingerprint density at radius 1 is 1.50 bits per heavy atom. The van der Waals surface area contributed by atoms with Crippen molar-refractivity contribution in [2.75, 3.05) is 6.61 Å². The van der Waals surface area contributed by atoms with E-state index < -0.39 is 0 Å². The summed E-state index contributed by atoms with van der Waals surface area (Å²) in [5.74, 6) is 0.543. The lowest BCUT2D eigenvalue weighted by molar-refractivity contribution is 0.0944. The van der Waals surface area contributed by atoms with Crippen LogP contribution in [0.25, 0.3) is 0 Å². The number of aromatic nitrogens is 2. The fourth-order valence-electron chi connectivity index (χ4n) is 1.36. The normalized spacial score (nSPS) is 11.3. The number of rotatable bonds is 7. The van der Waals surface area contributed by atoms with Gasteiger partial charge in [0, 0.05) is 19.3 Å². The van der Waals surface area contributed by atoms with E-state index in [4.69, 9.17) is 16.3 Å². The smallest absolute Gasteiger partial charge is 0.107 e. The minimum absolute atomic E-state index is 0.510. The molecule has 1 heterocycles. The van der Waals surface area contributed by atoms with Crippen molar-refractivity contribution < 1.29 is 4.74 Å². The molecule has 0 aliphatic carbocycles. The fourth-order valence-corrected chi connectivity index (χ4v) is 1.57. The summed E-state index contributed by atoms with van der Waals surface area (Å²) in [5.41, 5.74) is 0.846. The molecule has 0 saturated carbocycles. The summed E-state index contributed by atoms with van der Waals surface area (Å²) in [7, 11) is 0. The van der Waals surface area contributed by atoms with Crippen LogP contribution in [0.3, 0.4) is 0 Å². The Morgan fingerprint density at radius 2 is 2.25 bits per heavy atom. The van der Waals surface area contributed by atoms with E-state index in [-0.39, 0.29) is 0 Å². The Labute approximate surface area is 103 Å². The number of hydrogen-bond donors (Lipinski definition) is 0. The summed E-state index contributed by atoms with van der Waals surface area (Å²) in [6, 6.07) is 0. The highest BCUT2D eigenvalue weighted by molar-refractivity contribution is 6.31. The zero-order valence-electron chi connectivity index (χ0n) is 10.4. The van der Waals surface area contributed by atoms with Crippen molar-refractivity contribution in [2.45, 2.75) is 46.8 Å². The van der Waals surface area contributed by atoms with Crippen molar-refractivity contribution in [3.8, 4) is 0 Å². The fraction of sp³-hybridized carbons (Fsp3) is 0.750. The summed E-state index contributed by atoms with van der Waals surface area (Å²) in [4.78, 5) is 0. The van der Waals surface area contributed by atoms with Gasteiger partial charge in [-0.3, -0.25) is 4.68 Å². The lowest BCUT2D eigenvalue weighted by atomic mass is 10.2. The zero-order chi connectivity index (χ0) is 12.0. The van der Waals surface area contributed by atoms with Crippen LogP contribution in [-0.4, -0.2) is 16.4 Å². The zero-order valence-corrected chi connectivity index (χ0v) is 11.1. The van der Waals surface area contributed by atoms with Crippen LogP contribution in [0, 0.1) is 5.92 Å². The van der Waals surface area contributed by atoms with E-state index in [9.17, 15) is 0 Å². The average molecular weight is 245 g/mol. The van der Waals surface area contributed by atoms with Gasteiger partial charge in [-0.1, -0.05) is 38.8 Å². The second-order valence-corrected chi connectivity index (χ2v) is 4.86. The molecule has 0 spiro atoms. The van der Waals surface area contributed by atoms with Crippen LogP contribution in [0.15, 0.2) is 6.20 Å². The Hall–Kier alpha value is -0.540. The second kappa shape index (κ2) is 6.92. The predicted molar refractivity (Wildman–Crippen MR) is 66.6 cm³/mol. The van der Waals surface area contributed by atoms with E-state index in [1.54, 1.807) is 0 Å². The third kappa shape index (κ3) is 4.54. The van der Waals surface area contributed by atoms with E-state index in [1.807, 2.05) is 10.9 Å². The molecule has 1 aromatic heterocycles. The lowest BCUT2D eigenvalue weighted by Gasteiger charge is -2.04. The molecular weight excluding hydrogens is 224 g/mol. The number of hydrogen-bond acceptors (Lipinski definition) is 2. The monoisotopic (exact) mass is 244 g/mol. The number of unbranched alkanes of at least 4 members (excludes halogenated alkanes) is 1. The van der Waals surface area contributed by atoms with Crippen LogP contribution < -0.4 is 0 Å². The maximum Gasteiger partial charge on any atom is 0.107 e. The van der Waals surface area contributed by atoms with Crippen molar-refractivity contribution in [1.29, 1.82) is 0 Å². The molecule has 0 aromatic carbocycles. The topological polar surface area (TPSA) is 27.1 Å². The Kier molecular flexibility index (Phi) is 5.85. The summed E-state index contributed by atoms with van der Waals surface area (Å²) >= 11 is 6.08. The summed E-state index contributed by atoms with van der Waals surface area (Å²) in [6.07, 6.45) is 4.17. The van der Waals surface area contributed by atoms with Crippen molar-refractivity contribution in [3.63, 3.8) is 0 Å². The van der Waals surface area contributed by atoms with Crippen molar-refractivity contribution >= 4 is 11.6 Å². The Balaban J connectivity index is 2.43. The van der Waals surface area contributed by atoms with Gasteiger partial charge in [0.2, 0.25) is 0 Å². The van der Waals surface area contributed by atoms with Gasteiger partial charge >= 0.3 is 0 Å². The van der Waals surface area contributed by atoms with E-state index >= 15 is 0 Å². The molecule has 3 nitrogen and oxygen atoms in total. The molecule has 16 heavy (non-hydrogen) atoms. The van der Waals surface area contributed by atoms with Crippen LogP contribution in [0.4, 0.5) is 0 Å². The van der Waals surface area contributed by atoms with Crippen LogP contribution in [0.5, 0.6) is 0 Å². The van der Waals surface area contributed by atoms with Crippen LogP contribution >= 0.6 is 11.6 Å². The SMILES string of the molecule is CCCCn1cc(Cl)c(COCC(C)C)n1. The van der Waals surface area contributed by atoms with Gasteiger partial charge in [0.1, 0.15) is 5.69 Å². The first kappa shape index (κ1) is 13.5. The molecule has 0 aliphatic heterocycles.